The van der Waals surface area contributed by atoms with Crippen molar-refractivity contribution in [1.29, 1.82) is 0 Å². The van der Waals surface area contributed by atoms with Crippen LogP contribution in [0.25, 0.3) is 0 Å². The second-order valence-corrected chi connectivity index (χ2v) is 8.40. The molecule has 0 bridgehead atoms. The number of hydrogen-bond acceptors (Lipinski definition) is 5. The largest absolute Gasteiger partial charge is 0.491 e. The lowest BCUT2D eigenvalue weighted by atomic mass is 9.78. The van der Waals surface area contributed by atoms with Gasteiger partial charge in [0.15, 0.2) is 0 Å². The number of allylic oxidation sites excluding steroid dienone is 3. The Kier molecular flexibility index (Phi) is 8.91. The third-order valence-electron chi connectivity index (χ3n) is 5.40. The van der Waals surface area contributed by atoms with Gasteiger partial charge in [-0.25, -0.2) is 0 Å². The maximum absolute atomic E-state index is 10.0. The first-order chi connectivity index (χ1) is 15.5. The normalized spacial score (nSPS) is 17.1. The molecule has 0 saturated carbocycles. The van der Waals surface area contributed by atoms with Gasteiger partial charge in [0.05, 0.1) is 19.8 Å². The first-order valence-electron chi connectivity index (χ1n) is 11.1. The van der Waals surface area contributed by atoms with Gasteiger partial charge in [-0.3, -0.25) is 0 Å². The molecule has 1 heterocycles. The van der Waals surface area contributed by atoms with Crippen LogP contribution in [0.2, 0.25) is 0 Å². The Bertz CT molecular complexity index is 864. The molecule has 1 aliphatic heterocycles. The molecule has 0 amide bonds. The molecule has 0 aliphatic carbocycles. The summed E-state index contributed by atoms with van der Waals surface area (Å²) in [5.74, 6) is 1.59. The number of aliphatic hydroxyl groups is 1. The quantitative estimate of drug-likeness (QED) is 0.280. The summed E-state index contributed by atoms with van der Waals surface area (Å²) in [5.41, 5.74) is 2.23. The maximum Gasteiger partial charge on any atom is 0.119 e. The van der Waals surface area contributed by atoms with Gasteiger partial charge in [0.25, 0.3) is 0 Å². The molecule has 172 valence electrons. The van der Waals surface area contributed by atoms with Gasteiger partial charge in [-0.2, -0.15) is 0 Å². The second kappa shape index (κ2) is 11.9. The Morgan fingerprint density at radius 1 is 0.969 bits per heavy atom. The van der Waals surface area contributed by atoms with Gasteiger partial charge >= 0.3 is 0 Å². The average molecular weight is 439 g/mol. The molecule has 0 aromatic heterocycles. The monoisotopic (exact) mass is 438 g/mol. The van der Waals surface area contributed by atoms with E-state index in [4.69, 9.17) is 18.9 Å². The topological polar surface area (TPSA) is 60.5 Å². The van der Waals surface area contributed by atoms with Gasteiger partial charge in [0.2, 0.25) is 0 Å². The molecule has 0 radical (unpaired) electrons. The first kappa shape index (κ1) is 24.1. The fourth-order valence-electron chi connectivity index (χ4n) is 3.21. The molecule has 2 unspecified atom stereocenters. The van der Waals surface area contributed by atoms with Gasteiger partial charge in [0, 0.05) is 5.41 Å². The minimum Gasteiger partial charge on any atom is -0.491 e. The van der Waals surface area contributed by atoms with Gasteiger partial charge in [-0.15, -0.1) is 0 Å². The van der Waals surface area contributed by atoms with Crippen LogP contribution in [-0.4, -0.2) is 50.3 Å². The summed E-state index contributed by atoms with van der Waals surface area (Å²) in [6, 6.07) is 16.3. The van der Waals surface area contributed by atoms with Crippen LogP contribution in [0.5, 0.6) is 11.5 Å². The first-order valence-corrected chi connectivity index (χ1v) is 11.1. The van der Waals surface area contributed by atoms with Crippen molar-refractivity contribution in [3.05, 3.63) is 84.0 Å². The third-order valence-corrected chi connectivity index (χ3v) is 5.40. The van der Waals surface area contributed by atoms with Crippen molar-refractivity contribution in [1.82, 2.24) is 0 Å². The van der Waals surface area contributed by atoms with Crippen LogP contribution in [-0.2, 0) is 14.9 Å². The summed E-state index contributed by atoms with van der Waals surface area (Å²) in [4.78, 5) is 0. The third kappa shape index (κ3) is 7.52. The number of rotatable bonds is 13. The van der Waals surface area contributed by atoms with Crippen LogP contribution >= 0.6 is 0 Å². The van der Waals surface area contributed by atoms with Gasteiger partial charge in [0.1, 0.15) is 36.9 Å². The van der Waals surface area contributed by atoms with E-state index in [0.29, 0.717) is 13.2 Å². The molecule has 2 aromatic rings. The van der Waals surface area contributed by atoms with E-state index in [9.17, 15) is 5.11 Å². The maximum atomic E-state index is 10.0. The van der Waals surface area contributed by atoms with Crippen LogP contribution < -0.4 is 9.47 Å². The molecule has 2 aromatic carbocycles. The number of ether oxygens (including phenoxy) is 4. The summed E-state index contributed by atoms with van der Waals surface area (Å²) in [6.45, 7) is 8.65. The lowest BCUT2D eigenvalue weighted by Gasteiger charge is -2.26. The molecule has 5 nitrogen and oxygen atoms in total. The lowest BCUT2D eigenvalue weighted by Crippen LogP contribution is -2.23. The van der Waals surface area contributed by atoms with Crippen LogP contribution in [0.15, 0.2) is 72.8 Å². The van der Waals surface area contributed by atoms with Crippen molar-refractivity contribution in [3.63, 3.8) is 0 Å². The molecule has 1 N–H and O–H groups in total. The molecular formula is C27H34O5. The van der Waals surface area contributed by atoms with Gasteiger partial charge in [-0.1, -0.05) is 62.4 Å². The number of aliphatic hydroxyl groups excluding tert-OH is 1. The molecular weight excluding hydrogens is 404 g/mol. The van der Waals surface area contributed by atoms with Crippen LogP contribution in [0.4, 0.5) is 0 Å². The highest BCUT2D eigenvalue weighted by Crippen LogP contribution is 2.33. The second-order valence-electron chi connectivity index (χ2n) is 8.40. The fourth-order valence-corrected chi connectivity index (χ4v) is 3.21. The molecule has 5 heteroatoms. The van der Waals surface area contributed by atoms with Crippen molar-refractivity contribution < 1.29 is 24.1 Å². The molecule has 3 rings (SSSR count). The van der Waals surface area contributed by atoms with Crippen molar-refractivity contribution in [2.45, 2.75) is 38.4 Å². The lowest BCUT2D eigenvalue weighted by molar-refractivity contribution is 0.0213. The predicted molar refractivity (Wildman–Crippen MR) is 127 cm³/mol. The van der Waals surface area contributed by atoms with Crippen LogP contribution in [0.1, 0.15) is 31.9 Å². The Morgan fingerprint density at radius 3 is 2.12 bits per heavy atom. The van der Waals surface area contributed by atoms with Crippen molar-refractivity contribution >= 4 is 0 Å². The highest BCUT2D eigenvalue weighted by atomic mass is 16.6. The SMILES string of the molecule is C/C=C/C=C/COCC(O)COc1ccc(C(C)(C)c2ccc(OCC3CO3)cc2)cc1. The summed E-state index contributed by atoms with van der Waals surface area (Å²) in [7, 11) is 0. The highest BCUT2D eigenvalue weighted by molar-refractivity contribution is 5.41. The van der Waals surface area contributed by atoms with E-state index in [1.54, 1.807) is 0 Å². The standard InChI is InChI=1S/C27H34O5/c1-4-5-6-7-16-29-17-23(28)18-30-24-12-8-21(9-13-24)27(2,3)22-10-14-25(15-11-22)31-19-26-20-32-26/h4-15,23,26,28H,16-20H2,1-3H3/b5-4+,7-6+. The molecule has 32 heavy (non-hydrogen) atoms. The van der Waals surface area contributed by atoms with E-state index in [1.165, 1.54) is 11.1 Å². The van der Waals surface area contributed by atoms with Crippen molar-refractivity contribution in [2.24, 2.45) is 0 Å². The minimum atomic E-state index is -0.673. The Labute approximate surface area is 191 Å². The van der Waals surface area contributed by atoms with Crippen LogP contribution in [0, 0.1) is 0 Å². The Hall–Kier alpha value is -2.60. The molecule has 0 spiro atoms. The molecule has 2 atom stereocenters. The van der Waals surface area contributed by atoms with E-state index < -0.39 is 6.10 Å². The Balaban J connectivity index is 1.47. The summed E-state index contributed by atoms with van der Waals surface area (Å²) >= 11 is 0. The number of hydrogen-bond donors (Lipinski definition) is 1. The van der Waals surface area contributed by atoms with E-state index >= 15 is 0 Å². The van der Waals surface area contributed by atoms with E-state index in [-0.39, 0.29) is 24.7 Å². The molecule has 1 fully saturated rings. The summed E-state index contributed by atoms with van der Waals surface area (Å²) in [6.07, 6.45) is 7.28. The zero-order valence-corrected chi connectivity index (χ0v) is 19.2. The van der Waals surface area contributed by atoms with E-state index in [0.717, 1.165) is 18.1 Å². The predicted octanol–water partition coefficient (Wildman–Crippen LogP) is 4.68. The minimum absolute atomic E-state index is 0.162. The van der Waals surface area contributed by atoms with E-state index in [2.05, 4.69) is 38.1 Å². The van der Waals surface area contributed by atoms with Crippen molar-refractivity contribution in [3.8, 4) is 11.5 Å². The number of benzene rings is 2. The molecule has 1 aliphatic rings. The summed E-state index contributed by atoms with van der Waals surface area (Å²) in [5, 5.41) is 10.0. The smallest absolute Gasteiger partial charge is 0.119 e. The molecule has 1 saturated heterocycles. The Morgan fingerprint density at radius 2 is 1.56 bits per heavy atom. The zero-order chi connectivity index (χ0) is 22.8. The fraction of sp³-hybridized carbons (Fsp3) is 0.407. The highest BCUT2D eigenvalue weighted by Gasteiger charge is 2.25. The number of epoxide rings is 1. The average Bonchev–Trinajstić information content (AvgIpc) is 3.64. The van der Waals surface area contributed by atoms with Crippen LogP contribution in [0.3, 0.4) is 0 Å². The van der Waals surface area contributed by atoms with Gasteiger partial charge in [-0.05, 0) is 42.3 Å². The zero-order valence-electron chi connectivity index (χ0n) is 19.2. The van der Waals surface area contributed by atoms with E-state index in [1.807, 2.05) is 55.5 Å². The van der Waals surface area contributed by atoms with Gasteiger partial charge < -0.3 is 24.1 Å². The summed E-state index contributed by atoms with van der Waals surface area (Å²) < 4.78 is 22.0. The van der Waals surface area contributed by atoms with Crippen molar-refractivity contribution in [2.75, 3.05) is 33.0 Å².